The molecule has 0 radical (unpaired) electrons. The van der Waals surface area contributed by atoms with E-state index in [0.717, 1.165) is 13.1 Å². The molecule has 1 aliphatic rings. The normalized spacial score (nSPS) is 14.4. The van der Waals surface area contributed by atoms with Crippen molar-refractivity contribution in [2.75, 3.05) is 4.90 Å². The molecule has 0 saturated carbocycles. The summed E-state index contributed by atoms with van der Waals surface area (Å²) in [5.74, 6) is 0. The third-order valence-corrected chi connectivity index (χ3v) is 8.56. The van der Waals surface area contributed by atoms with E-state index in [0.29, 0.717) is 0 Å². The van der Waals surface area contributed by atoms with Gasteiger partial charge in [0.25, 0.3) is 0 Å². The van der Waals surface area contributed by atoms with Gasteiger partial charge in [0.1, 0.15) is 0 Å². The maximum atomic E-state index is 2.46. The number of para-hydroxylation sites is 2. The fourth-order valence-electron chi connectivity index (χ4n) is 5.90. The monoisotopic (exact) mass is 563 g/mol. The summed E-state index contributed by atoms with van der Waals surface area (Å²) in [7, 11) is 0. The van der Waals surface area contributed by atoms with Gasteiger partial charge in [-0.1, -0.05) is 126 Å². The van der Waals surface area contributed by atoms with Crippen LogP contribution in [0.15, 0.2) is 121 Å². The van der Waals surface area contributed by atoms with E-state index in [-0.39, 0.29) is 10.8 Å². The Hall–Kier alpha value is -4.43. The van der Waals surface area contributed by atoms with E-state index in [4.69, 9.17) is 0 Å². The molecule has 2 heterocycles. The molecule has 1 aromatic heterocycles. The first kappa shape index (κ1) is 28.7. The SMILES string of the molecule is CC(C)(C)c1ccc(CN2/C(=C/c3ccc4ccccc4[n+]3Cc3ccc(C(C)(C)C)cc3)C=Cc3ccccc32)cc1. The summed E-state index contributed by atoms with van der Waals surface area (Å²) < 4.78 is 2.46. The Bertz CT molecular complexity index is 1810. The van der Waals surface area contributed by atoms with Gasteiger partial charge in [-0.15, -0.1) is 0 Å². The van der Waals surface area contributed by atoms with E-state index < -0.39 is 0 Å². The molecule has 0 fully saturated rings. The van der Waals surface area contributed by atoms with Crippen molar-refractivity contribution in [1.29, 1.82) is 0 Å². The van der Waals surface area contributed by atoms with Crippen LogP contribution >= 0.6 is 0 Å². The van der Waals surface area contributed by atoms with Crippen LogP contribution in [0.2, 0.25) is 0 Å². The van der Waals surface area contributed by atoms with E-state index in [2.05, 4.69) is 178 Å². The first-order valence-corrected chi connectivity index (χ1v) is 15.4. The molecule has 0 spiro atoms. The van der Waals surface area contributed by atoms with Gasteiger partial charge in [-0.3, -0.25) is 0 Å². The average Bonchev–Trinajstić information content (AvgIpc) is 2.99. The smallest absolute Gasteiger partial charge is 0.213 e. The van der Waals surface area contributed by atoms with Crippen molar-refractivity contribution in [3.8, 4) is 0 Å². The molecule has 1 aliphatic heterocycles. The van der Waals surface area contributed by atoms with Crippen molar-refractivity contribution in [2.24, 2.45) is 0 Å². The number of allylic oxidation sites excluding steroid dienone is 1. The minimum atomic E-state index is 0.140. The van der Waals surface area contributed by atoms with Gasteiger partial charge >= 0.3 is 0 Å². The lowest BCUT2D eigenvalue weighted by Gasteiger charge is -2.31. The number of pyridine rings is 1. The molecule has 0 saturated heterocycles. The zero-order valence-corrected chi connectivity index (χ0v) is 26.4. The number of nitrogens with zero attached hydrogens (tertiary/aromatic N) is 2. The molecule has 6 rings (SSSR count). The summed E-state index contributed by atoms with van der Waals surface area (Å²) in [6.45, 7) is 15.2. The van der Waals surface area contributed by atoms with Gasteiger partial charge in [0, 0.05) is 47.1 Å². The molecule has 2 nitrogen and oxygen atoms in total. The number of anilines is 1. The van der Waals surface area contributed by atoms with Gasteiger partial charge in [-0.2, -0.15) is 4.57 Å². The fraction of sp³-hybridized carbons (Fsp3) is 0.244. The molecule has 5 aromatic rings. The maximum Gasteiger partial charge on any atom is 0.213 e. The number of rotatable bonds is 5. The summed E-state index contributed by atoms with van der Waals surface area (Å²) in [5.41, 5.74) is 11.7. The molecule has 0 bridgehead atoms. The number of fused-ring (bicyclic) bond motifs is 2. The molecule has 0 unspecified atom stereocenters. The zero-order chi connectivity index (χ0) is 30.2. The summed E-state index contributed by atoms with van der Waals surface area (Å²) >= 11 is 0. The standard InChI is InChI=1S/C41H43N2/c1-40(2,3)34-21-15-30(16-22-34)28-42-36(25-19-32-11-7-9-13-38(32)42)27-37-26-20-33-12-8-10-14-39(33)43(37)29-31-17-23-35(24-18-31)41(4,5)6/h7-27H,28-29H2,1-6H3/q+1. The average molecular weight is 564 g/mol. The minimum Gasteiger partial charge on any atom is -0.336 e. The van der Waals surface area contributed by atoms with Crippen LogP contribution in [-0.2, 0) is 23.9 Å². The van der Waals surface area contributed by atoms with Crippen molar-refractivity contribution >= 4 is 28.7 Å². The van der Waals surface area contributed by atoms with E-state index in [1.54, 1.807) is 0 Å². The second-order valence-corrected chi connectivity index (χ2v) is 13.8. The Labute approximate surface area is 257 Å². The Balaban J connectivity index is 1.42. The quantitative estimate of drug-likeness (QED) is 0.193. The largest absolute Gasteiger partial charge is 0.336 e. The van der Waals surface area contributed by atoms with Crippen molar-refractivity contribution in [3.05, 3.63) is 154 Å². The van der Waals surface area contributed by atoms with Crippen molar-refractivity contribution in [3.63, 3.8) is 0 Å². The summed E-state index contributed by atoms with van der Waals surface area (Å²) in [5, 5.41) is 1.25. The first-order valence-electron chi connectivity index (χ1n) is 15.4. The van der Waals surface area contributed by atoms with E-state index in [1.807, 2.05) is 0 Å². The summed E-state index contributed by atoms with van der Waals surface area (Å²) in [6, 6.07) is 40.2. The van der Waals surface area contributed by atoms with Crippen LogP contribution in [0.5, 0.6) is 0 Å². The van der Waals surface area contributed by atoms with Crippen LogP contribution in [0.1, 0.15) is 75.1 Å². The topological polar surface area (TPSA) is 7.12 Å². The van der Waals surface area contributed by atoms with Crippen LogP contribution in [0.4, 0.5) is 5.69 Å². The lowest BCUT2D eigenvalue weighted by atomic mass is 9.86. The number of aromatic nitrogens is 1. The highest BCUT2D eigenvalue weighted by molar-refractivity contribution is 5.80. The third kappa shape index (κ3) is 6.20. The van der Waals surface area contributed by atoms with Crippen molar-refractivity contribution in [2.45, 2.75) is 65.5 Å². The van der Waals surface area contributed by atoms with Crippen molar-refractivity contribution < 1.29 is 4.57 Å². The summed E-state index contributed by atoms with van der Waals surface area (Å²) in [6.07, 6.45) is 6.87. The maximum absolute atomic E-state index is 2.46. The Morgan fingerprint density at radius 1 is 0.605 bits per heavy atom. The third-order valence-electron chi connectivity index (χ3n) is 8.56. The van der Waals surface area contributed by atoms with E-state index in [9.17, 15) is 0 Å². The number of hydrogen-bond acceptors (Lipinski definition) is 1. The van der Waals surface area contributed by atoms with Gasteiger partial charge in [-0.05, 0) is 57.4 Å². The highest BCUT2D eigenvalue weighted by Gasteiger charge is 2.22. The second-order valence-electron chi connectivity index (χ2n) is 13.8. The Kier molecular flexibility index (Phi) is 7.56. The highest BCUT2D eigenvalue weighted by atomic mass is 15.1. The molecule has 0 aliphatic carbocycles. The second kappa shape index (κ2) is 11.3. The molecular formula is C41H43N2+. The Morgan fingerprint density at radius 2 is 1.21 bits per heavy atom. The lowest BCUT2D eigenvalue weighted by Crippen LogP contribution is -2.39. The van der Waals surface area contributed by atoms with Crippen LogP contribution in [-0.4, -0.2) is 0 Å². The summed E-state index contributed by atoms with van der Waals surface area (Å²) in [4.78, 5) is 2.46. The predicted octanol–water partition coefficient (Wildman–Crippen LogP) is 9.85. The van der Waals surface area contributed by atoms with Gasteiger partial charge in [0.15, 0.2) is 6.54 Å². The highest BCUT2D eigenvalue weighted by Crippen LogP contribution is 2.34. The van der Waals surface area contributed by atoms with Gasteiger partial charge in [0.05, 0.1) is 0 Å². The lowest BCUT2D eigenvalue weighted by molar-refractivity contribution is -0.664. The van der Waals surface area contributed by atoms with Crippen LogP contribution < -0.4 is 9.47 Å². The van der Waals surface area contributed by atoms with Crippen LogP contribution in [0.3, 0.4) is 0 Å². The minimum absolute atomic E-state index is 0.140. The number of hydrogen-bond donors (Lipinski definition) is 0. The molecule has 43 heavy (non-hydrogen) atoms. The van der Waals surface area contributed by atoms with Gasteiger partial charge < -0.3 is 4.90 Å². The van der Waals surface area contributed by atoms with Gasteiger partial charge in [-0.25, -0.2) is 0 Å². The fourth-order valence-corrected chi connectivity index (χ4v) is 5.90. The molecule has 2 heteroatoms. The van der Waals surface area contributed by atoms with Crippen molar-refractivity contribution in [1.82, 2.24) is 0 Å². The zero-order valence-electron chi connectivity index (χ0n) is 26.4. The van der Waals surface area contributed by atoms with Gasteiger partial charge in [0.2, 0.25) is 11.2 Å². The predicted molar refractivity (Wildman–Crippen MR) is 183 cm³/mol. The van der Waals surface area contributed by atoms with Crippen LogP contribution in [0.25, 0.3) is 23.1 Å². The Morgan fingerprint density at radius 3 is 1.88 bits per heavy atom. The molecule has 216 valence electrons. The van der Waals surface area contributed by atoms with Crippen LogP contribution in [0, 0.1) is 0 Å². The van der Waals surface area contributed by atoms with E-state index in [1.165, 1.54) is 55.8 Å². The molecular weight excluding hydrogens is 520 g/mol. The first-order chi connectivity index (χ1) is 20.6. The number of benzene rings is 4. The van der Waals surface area contributed by atoms with E-state index >= 15 is 0 Å². The molecule has 0 amide bonds. The molecule has 0 N–H and O–H groups in total. The molecule has 4 aromatic carbocycles. The molecule has 0 atom stereocenters.